The quantitative estimate of drug-likeness (QED) is 0.730. The number of alkyl halides is 3. The summed E-state index contributed by atoms with van der Waals surface area (Å²) in [4.78, 5) is 10.3. The van der Waals surface area contributed by atoms with Gasteiger partial charge in [0, 0.05) is 6.42 Å². The number of aldehydes is 1. The van der Waals surface area contributed by atoms with Gasteiger partial charge < -0.3 is 4.79 Å². The van der Waals surface area contributed by atoms with Crippen LogP contribution in [0.2, 0.25) is 0 Å². The average molecular weight is 238 g/mol. The molecule has 0 aromatic heterocycles. The third kappa shape index (κ3) is 2.46. The van der Waals surface area contributed by atoms with Crippen LogP contribution in [0.1, 0.15) is 11.1 Å². The van der Waals surface area contributed by atoms with Gasteiger partial charge in [-0.15, -0.1) is 0 Å². The molecule has 0 aliphatic heterocycles. The van der Waals surface area contributed by atoms with Gasteiger partial charge in [0.1, 0.15) is 6.29 Å². The zero-order valence-corrected chi connectivity index (χ0v) is 8.79. The highest BCUT2D eigenvalue weighted by molar-refractivity contribution is 5.84. The molecular weight excluding hydrogens is 229 g/mol. The topological polar surface area (TPSA) is 17.1 Å². The van der Waals surface area contributed by atoms with Gasteiger partial charge in [-0.1, -0.05) is 24.3 Å². The third-order valence-electron chi connectivity index (χ3n) is 2.55. The fraction of sp³-hybridized carbons (Fsp3) is 0.154. The summed E-state index contributed by atoms with van der Waals surface area (Å²) in [6.07, 6.45) is -3.28. The minimum Gasteiger partial charge on any atom is -0.303 e. The molecule has 1 nitrogen and oxygen atoms in total. The highest BCUT2D eigenvalue weighted by Gasteiger charge is 2.30. The Morgan fingerprint density at radius 3 is 2.29 bits per heavy atom. The molecule has 4 heteroatoms. The lowest BCUT2D eigenvalue weighted by Gasteiger charge is -2.08. The van der Waals surface area contributed by atoms with Gasteiger partial charge in [-0.3, -0.25) is 0 Å². The fourth-order valence-corrected chi connectivity index (χ4v) is 1.69. The van der Waals surface area contributed by atoms with E-state index < -0.39 is 11.7 Å². The molecule has 0 radical (unpaired) electrons. The van der Waals surface area contributed by atoms with Crippen LogP contribution in [0, 0.1) is 0 Å². The Balaban J connectivity index is 2.50. The molecule has 2 rings (SSSR count). The van der Waals surface area contributed by atoms with E-state index in [1.807, 2.05) is 0 Å². The van der Waals surface area contributed by atoms with E-state index in [1.54, 1.807) is 18.2 Å². The van der Waals surface area contributed by atoms with Crippen LogP contribution >= 0.6 is 0 Å². The van der Waals surface area contributed by atoms with Gasteiger partial charge >= 0.3 is 6.18 Å². The first-order valence-electron chi connectivity index (χ1n) is 5.04. The van der Waals surface area contributed by atoms with Crippen LogP contribution in [0.4, 0.5) is 13.2 Å². The highest BCUT2D eigenvalue weighted by Crippen LogP contribution is 2.31. The number of rotatable bonds is 2. The minimum atomic E-state index is -4.32. The second-order valence-corrected chi connectivity index (χ2v) is 3.76. The summed E-state index contributed by atoms with van der Waals surface area (Å²) in [5, 5.41) is 1.23. The molecule has 0 aliphatic carbocycles. The molecular formula is C13H9F3O. The molecule has 0 N–H and O–H groups in total. The summed E-state index contributed by atoms with van der Waals surface area (Å²) in [5.74, 6) is 0. The zero-order chi connectivity index (χ0) is 12.5. The first-order chi connectivity index (χ1) is 8.00. The summed E-state index contributed by atoms with van der Waals surface area (Å²) >= 11 is 0. The van der Waals surface area contributed by atoms with Crippen molar-refractivity contribution in [1.29, 1.82) is 0 Å². The van der Waals surface area contributed by atoms with Crippen LogP contribution in [0.5, 0.6) is 0 Å². The standard InChI is InChI=1S/C13H9F3O/c14-13(15,16)12-4-3-10-7-9(5-6-17)1-2-11(10)8-12/h1-4,6-8H,5H2. The molecule has 2 aromatic rings. The number of benzene rings is 2. The lowest BCUT2D eigenvalue weighted by atomic mass is 10.0. The van der Waals surface area contributed by atoms with E-state index in [-0.39, 0.29) is 6.42 Å². The van der Waals surface area contributed by atoms with E-state index >= 15 is 0 Å². The van der Waals surface area contributed by atoms with Gasteiger partial charge in [-0.05, 0) is 28.5 Å². The van der Waals surface area contributed by atoms with Crippen molar-refractivity contribution in [3.05, 3.63) is 47.5 Å². The number of hydrogen-bond acceptors (Lipinski definition) is 1. The van der Waals surface area contributed by atoms with E-state index in [2.05, 4.69) is 0 Å². The predicted octanol–water partition coefficient (Wildman–Crippen LogP) is 3.60. The fourth-order valence-electron chi connectivity index (χ4n) is 1.69. The van der Waals surface area contributed by atoms with Crippen LogP contribution in [-0.2, 0) is 17.4 Å². The number of hydrogen-bond donors (Lipinski definition) is 0. The summed E-state index contributed by atoms with van der Waals surface area (Å²) in [6.45, 7) is 0. The maximum absolute atomic E-state index is 12.5. The molecule has 0 fully saturated rings. The molecule has 0 spiro atoms. The van der Waals surface area contributed by atoms with Crippen molar-refractivity contribution >= 4 is 17.1 Å². The Bertz CT molecular complexity index is 558. The van der Waals surface area contributed by atoms with E-state index in [9.17, 15) is 18.0 Å². The van der Waals surface area contributed by atoms with Gasteiger partial charge in [0.25, 0.3) is 0 Å². The molecule has 0 atom stereocenters. The summed E-state index contributed by atoms with van der Waals surface area (Å²) in [7, 11) is 0. The van der Waals surface area contributed by atoms with E-state index in [1.165, 1.54) is 6.07 Å². The first kappa shape index (κ1) is 11.6. The maximum atomic E-state index is 12.5. The van der Waals surface area contributed by atoms with Crippen molar-refractivity contribution < 1.29 is 18.0 Å². The molecule has 0 bridgehead atoms. The second kappa shape index (κ2) is 4.20. The van der Waals surface area contributed by atoms with Crippen molar-refractivity contribution in [1.82, 2.24) is 0 Å². The molecule has 17 heavy (non-hydrogen) atoms. The van der Waals surface area contributed by atoms with Crippen molar-refractivity contribution in [3.63, 3.8) is 0 Å². The van der Waals surface area contributed by atoms with Crippen LogP contribution in [0.3, 0.4) is 0 Å². The largest absolute Gasteiger partial charge is 0.416 e. The Morgan fingerprint density at radius 1 is 1.00 bits per heavy atom. The van der Waals surface area contributed by atoms with Crippen LogP contribution in [-0.4, -0.2) is 6.29 Å². The Hall–Kier alpha value is -1.84. The maximum Gasteiger partial charge on any atom is 0.416 e. The third-order valence-corrected chi connectivity index (χ3v) is 2.55. The van der Waals surface area contributed by atoms with Crippen molar-refractivity contribution in [3.8, 4) is 0 Å². The van der Waals surface area contributed by atoms with Gasteiger partial charge in [0.05, 0.1) is 5.56 Å². The molecule has 0 saturated carbocycles. The van der Waals surface area contributed by atoms with Crippen molar-refractivity contribution in [2.75, 3.05) is 0 Å². The van der Waals surface area contributed by atoms with Crippen LogP contribution in [0.25, 0.3) is 10.8 Å². The van der Waals surface area contributed by atoms with E-state index in [0.717, 1.165) is 24.0 Å². The molecule has 0 saturated heterocycles. The SMILES string of the molecule is O=CCc1ccc2cc(C(F)(F)F)ccc2c1. The summed E-state index contributed by atoms with van der Waals surface area (Å²) in [5.41, 5.74) is 0.139. The highest BCUT2D eigenvalue weighted by atomic mass is 19.4. The monoisotopic (exact) mass is 238 g/mol. The Morgan fingerprint density at radius 2 is 1.65 bits per heavy atom. The molecule has 0 heterocycles. The first-order valence-corrected chi connectivity index (χ1v) is 5.04. The predicted molar refractivity (Wildman–Crippen MR) is 58.7 cm³/mol. The lowest BCUT2D eigenvalue weighted by Crippen LogP contribution is -2.04. The number of carbonyl (C=O) groups excluding carboxylic acids is 1. The van der Waals surface area contributed by atoms with Crippen LogP contribution in [0.15, 0.2) is 36.4 Å². The minimum absolute atomic E-state index is 0.275. The number of fused-ring (bicyclic) bond motifs is 1. The van der Waals surface area contributed by atoms with Crippen LogP contribution < -0.4 is 0 Å². The van der Waals surface area contributed by atoms with E-state index in [0.29, 0.717) is 10.8 Å². The number of carbonyl (C=O) groups is 1. The Labute approximate surface area is 95.9 Å². The van der Waals surface area contributed by atoms with Crippen molar-refractivity contribution in [2.45, 2.75) is 12.6 Å². The molecule has 0 aliphatic rings. The summed E-state index contributed by atoms with van der Waals surface area (Å²) < 4.78 is 37.4. The normalized spacial score (nSPS) is 11.7. The Kier molecular flexibility index (Phi) is 2.88. The van der Waals surface area contributed by atoms with Gasteiger partial charge in [-0.25, -0.2) is 0 Å². The second-order valence-electron chi connectivity index (χ2n) is 3.76. The molecule has 2 aromatic carbocycles. The summed E-state index contributed by atoms with van der Waals surface area (Å²) in [6, 6.07) is 8.57. The smallest absolute Gasteiger partial charge is 0.303 e. The molecule has 0 unspecified atom stereocenters. The van der Waals surface area contributed by atoms with Crippen molar-refractivity contribution in [2.24, 2.45) is 0 Å². The van der Waals surface area contributed by atoms with Gasteiger partial charge in [0.15, 0.2) is 0 Å². The van der Waals surface area contributed by atoms with Gasteiger partial charge in [0.2, 0.25) is 0 Å². The van der Waals surface area contributed by atoms with Gasteiger partial charge in [-0.2, -0.15) is 13.2 Å². The zero-order valence-electron chi connectivity index (χ0n) is 8.79. The van der Waals surface area contributed by atoms with E-state index in [4.69, 9.17) is 0 Å². The molecule has 0 amide bonds. The number of halogens is 3. The lowest BCUT2D eigenvalue weighted by molar-refractivity contribution is -0.137. The molecule has 88 valence electrons. The average Bonchev–Trinajstić information content (AvgIpc) is 2.27.